The molecule has 0 bridgehead atoms. The summed E-state index contributed by atoms with van der Waals surface area (Å²) in [5.74, 6) is 0. The smallest absolute Gasteiger partial charge is 0.0784 e. The Morgan fingerprint density at radius 2 is 2.00 bits per heavy atom. The predicted octanol–water partition coefficient (Wildman–Crippen LogP) is 0.812. The van der Waals surface area contributed by atoms with E-state index in [4.69, 9.17) is 5.11 Å². The van der Waals surface area contributed by atoms with Gasteiger partial charge in [0.15, 0.2) is 0 Å². The third-order valence-corrected chi connectivity index (χ3v) is 1.43. The number of rotatable bonds is 0. The van der Waals surface area contributed by atoms with E-state index in [1.165, 1.54) is 11.8 Å². The van der Waals surface area contributed by atoms with Crippen LogP contribution in [0.2, 0.25) is 0 Å². The number of aliphatic hydroxyl groups excluding tert-OH is 1. The van der Waals surface area contributed by atoms with E-state index in [1.807, 2.05) is 0 Å². The average Bonchev–Trinajstić information content (AvgIpc) is 1.90. The summed E-state index contributed by atoms with van der Waals surface area (Å²) < 4.78 is 0. The number of hydrogen-bond donors (Lipinski definition) is 2. The summed E-state index contributed by atoms with van der Waals surface area (Å²) in [6, 6.07) is 0. The van der Waals surface area contributed by atoms with Gasteiger partial charge in [0.25, 0.3) is 0 Å². The van der Waals surface area contributed by atoms with Gasteiger partial charge >= 0.3 is 0 Å². The van der Waals surface area contributed by atoms with Gasteiger partial charge in [0.1, 0.15) is 0 Å². The molecule has 1 aliphatic rings. The summed E-state index contributed by atoms with van der Waals surface area (Å²) in [7, 11) is 0. The molecule has 2 heteroatoms. The van der Waals surface area contributed by atoms with E-state index in [0.29, 0.717) is 0 Å². The Morgan fingerprint density at radius 1 is 1.38 bits per heavy atom. The zero-order chi connectivity index (χ0) is 5.82. The van der Waals surface area contributed by atoms with Gasteiger partial charge in [0.2, 0.25) is 0 Å². The third-order valence-electron chi connectivity index (χ3n) is 1.43. The highest BCUT2D eigenvalue weighted by atomic mass is 16.2. The molecule has 46 valence electrons. The summed E-state index contributed by atoms with van der Waals surface area (Å²) in [5.41, 5.74) is 1.17. The normalized spacial score (nSPS) is 20.8. The number of nitrogens with one attached hydrogen (secondary N) is 1. The highest BCUT2D eigenvalue weighted by Gasteiger charge is 2.02. The van der Waals surface area contributed by atoms with Crippen LogP contribution in [0.4, 0.5) is 0 Å². The maximum absolute atomic E-state index is 8.50. The summed E-state index contributed by atoms with van der Waals surface area (Å²) in [5, 5.41) is 11.7. The fourth-order valence-corrected chi connectivity index (χ4v) is 0.877. The first-order valence-corrected chi connectivity index (χ1v) is 2.96. The summed E-state index contributed by atoms with van der Waals surface area (Å²) in [6.45, 7) is 2.04. The largest absolute Gasteiger partial charge is 0.516 e. The van der Waals surface area contributed by atoms with Crippen molar-refractivity contribution in [3.8, 4) is 0 Å². The Labute approximate surface area is 49.2 Å². The van der Waals surface area contributed by atoms with Gasteiger partial charge in [0.05, 0.1) is 6.26 Å². The molecular formula is C6H11NO. The first kappa shape index (κ1) is 5.63. The minimum atomic E-state index is 1.01. The molecule has 1 aliphatic heterocycles. The van der Waals surface area contributed by atoms with Crippen molar-refractivity contribution in [1.29, 1.82) is 0 Å². The van der Waals surface area contributed by atoms with Crippen LogP contribution in [-0.4, -0.2) is 18.2 Å². The SMILES string of the molecule is OC=C1CCNCC1. The Kier molecular flexibility index (Phi) is 1.92. The molecule has 1 fully saturated rings. The minimum absolute atomic E-state index is 1.01. The quantitative estimate of drug-likeness (QED) is 0.456. The molecule has 2 N–H and O–H groups in total. The fraction of sp³-hybridized carbons (Fsp3) is 0.667. The topological polar surface area (TPSA) is 32.3 Å². The van der Waals surface area contributed by atoms with Crippen molar-refractivity contribution in [2.45, 2.75) is 12.8 Å². The first-order chi connectivity index (χ1) is 3.93. The van der Waals surface area contributed by atoms with Crippen molar-refractivity contribution in [2.75, 3.05) is 13.1 Å². The Bertz CT molecular complexity index is 90.7. The monoisotopic (exact) mass is 113 g/mol. The van der Waals surface area contributed by atoms with Crippen molar-refractivity contribution in [3.05, 3.63) is 11.8 Å². The third kappa shape index (κ3) is 1.23. The molecule has 0 unspecified atom stereocenters. The summed E-state index contributed by atoms with van der Waals surface area (Å²) in [6.07, 6.45) is 3.26. The Morgan fingerprint density at radius 3 is 2.38 bits per heavy atom. The molecule has 0 aliphatic carbocycles. The van der Waals surface area contributed by atoms with E-state index in [0.717, 1.165) is 25.9 Å². The van der Waals surface area contributed by atoms with Crippen molar-refractivity contribution in [2.24, 2.45) is 0 Å². The van der Waals surface area contributed by atoms with Crippen LogP contribution < -0.4 is 5.32 Å². The van der Waals surface area contributed by atoms with Crippen LogP contribution in [0.15, 0.2) is 11.8 Å². The lowest BCUT2D eigenvalue weighted by Gasteiger charge is -2.12. The van der Waals surface area contributed by atoms with Crippen molar-refractivity contribution < 1.29 is 5.11 Å². The Hall–Kier alpha value is -0.500. The lowest BCUT2D eigenvalue weighted by Crippen LogP contribution is -2.22. The Balaban J connectivity index is 2.33. The van der Waals surface area contributed by atoms with E-state index < -0.39 is 0 Å². The van der Waals surface area contributed by atoms with Gasteiger partial charge in [-0.1, -0.05) is 0 Å². The molecule has 0 aromatic carbocycles. The minimum Gasteiger partial charge on any atom is -0.516 e. The molecule has 1 rings (SSSR count). The van der Waals surface area contributed by atoms with Crippen LogP contribution in [0, 0.1) is 0 Å². The van der Waals surface area contributed by atoms with Crippen molar-refractivity contribution in [3.63, 3.8) is 0 Å². The zero-order valence-electron chi connectivity index (χ0n) is 4.85. The lowest BCUT2D eigenvalue weighted by atomic mass is 10.1. The van der Waals surface area contributed by atoms with Gasteiger partial charge < -0.3 is 10.4 Å². The fourth-order valence-electron chi connectivity index (χ4n) is 0.877. The predicted molar refractivity (Wildman–Crippen MR) is 32.8 cm³/mol. The van der Waals surface area contributed by atoms with E-state index in [-0.39, 0.29) is 0 Å². The van der Waals surface area contributed by atoms with Crippen LogP contribution >= 0.6 is 0 Å². The van der Waals surface area contributed by atoms with Gasteiger partial charge in [-0.05, 0) is 31.5 Å². The summed E-state index contributed by atoms with van der Waals surface area (Å²) in [4.78, 5) is 0. The second-order valence-electron chi connectivity index (χ2n) is 2.04. The second-order valence-corrected chi connectivity index (χ2v) is 2.04. The van der Waals surface area contributed by atoms with Crippen LogP contribution in [0.5, 0.6) is 0 Å². The number of hydrogen-bond acceptors (Lipinski definition) is 2. The highest BCUT2D eigenvalue weighted by molar-refractivity contribution is 5.00. The van der Waals surface area contributed by atoms with Crippen molar-refractivity contribution in [1.82, 2.24) is 5.32 Å². The second kappa shape index (κ2) is 2.72. The van der Waals surface area contributed by atoms with E-state index in [1.54, 1.807) is 0 Å². The average molecular weight is 113 g/mol. The molecular weight excluding hydrogens is 102 g/mol. The molecule has 0 spiro atoms. The first-order valence-electron chi connectivity index (χ1n) is 2.96. The van der Waals surface area contributed by atoms with E-state index in [2.05, 4.69) is 5.32 Å². The number of piperidine rings is 1. The molecule has 0 aromatic rings. The number of aliphatic hydroxyl groups is 1. The van der Waals surface area contributed by atoms with Crippen LogP contribution in [0.3, 0.4) is 0 Å². The van der Waals surface area contributed by atoms with Gasteiger partial charge in [0, 0.05) is 0 Å². The molecule has 2 nitrogen and oxygen atoms in total. The van der Waals surface area contributed by atoms with Crippen LogP contribution in [0.25, 0.3) is 0 Å². The molecule has 1 heterocycles. The summed E-state index contributed by atoms with van der Waals surface area (Å²) >= 11 is 0. The van der Waals surface area contributed by atoms with Crippen LogP contribution in [-0.2, 0) is 0 Å². The molecule has 0 amide bonds. The highest BCUT2D eigenvalue weighted by Crippen LogP contribution is 2.07. The van der Waals surface area contributed by atoms with E-state index >= 15 is 0 Å². The lowest BCUT2D eigenvalue weighted by molar-refractivity contribution is 0.452. The van der Waals surface area contributed by atoms with Gasteiger partial charge in [-0.15, -0.1) is 0 Å². The molecule has 1 saturated heterocycles. The molecule has 0 aromatic heterocycles. The van der Waals surface area contributed by atoms with Gasteiger partial charge in [-0.2, -0.15) is 0 Å². The van der Waals surface area contributed by atoms with Crippen molar-refractivity contribution >= 4 is 0 Å². The van der Waals surface area contributed by atoms with Gasteiger partial charge in [-0.3, -0.25) is 0 Å². The molecule has 0 saturated carbocycles. The van der Waals surface area contributed by atoms with Gasteiger partial charge in [-0.25, -0.2) is 0 Å². The molecule has 0 atom stereocenters. The molecule has 8 heavy (non-hydrogen) atoms. The van der Waals surface area contributed by atoms with Crippen LogP contribution in [0.1, 0.15) is 12.8 Å². The van der Waals surface area contributed by atoms with E-state index in [9.17, 15) is 0 Å². The standard InChI is InChI=1S/C6H11NO/c8-5-6-1-3-7-4-2-6/h5,7-8H,1-4H2. The zero-order valence-corrected chi connectivity index (χ0v) is 4.85. The molecule has 0 radical (unpaired) electrons. The maximum Gasteiger partial charge on any atom is 0.0784 e. The maximum atomic E-state index is 8.50.